The van der Waals surface area contributed by atoms with Gasteiger partial charge in [-0.25, -0.2) is 14.5 Å². The van der Waals surface area contributed by atoms with Gasteiger partial charge in [-0.1, -0.05) is 111 Å². The Labute approximate surface area is 454 Å². The number of urea groups is 1. The molecule has 1 aliphatic carbocycles. The van der Waals surface area contributed by atoms with Crippen molar-refractivity contribution in [2.75, 3.05) is 46.0 Å². The topological polar surface area (TPSA) is 194 Å². The SMILES string of the molecule is COC(=O)[C@@H](NC(=O)N1C(=O)[C@@]2(c3cc(C#CC4(O)CCCCCC4)ccc31)[C@H](c1ccc(OCCO)cc1)N1[C@H](c3ccccc3)[C@H](c3ccccc3)OC(=O)[C@H]1[C@@H]2C(=O)N1CCc2cc(OC)c(OC)cc2C1)C(C)C. The van der Waals surface area contributed by atoms with Gasteiger partial charge in [0.15, 0.2) is 11.5 Å². The monoisotopic (exact) mass is 1060 g/mol. The molecule has 2 saturated heterocycles. The molecule has 0 aromatic heterocycles. The molecule has 1 saturated carbocycles. The molecular weight excluding hydrogens is 993 g/mol. The number of cyclic esters (lactones) is 1. The van der Waals surface area contributed by atoms with E-state index in [0.717, 1.165) is 47.3 Å². The largest absolute Gasteiger partial charge is 0.493 e. The maximum Gasteiger partial charge on any atom is 0.329 e. The minimum Gasteiger partial charge on any atom is -0.493 e. The fourth-order valence-corrected chi connectivity index (χ4v) is 12.6. The first-order valence-electron chi connectivity index (χ1n) is 26.8. The number of carbonyl (C=O) groups is 5. The van der Waals surface area contributed by atoms with Gasteiger partial charge in [0.25, 0.3) is 0 Å². The zero-order chi connectivity index (χ0) is 54.9. The van der Waals surface area contributed by atoms with Gasteiger partial charge < -0.3 is 44.1 Å². The number of methoxy groups -OCH3 is 3. The number of nitrogens with zero attached hydrogens (tertiary/aromatic N) is 3. The van der Waals surface area contributed by atoms with Crippen LogP contribution >= 0.6 is 0 Å². The summed E-state index contributed by atoms with van der Waals surface area (Å²) in [5.74, 6) is 2.92. The van der Waals surface area contributed by atoms with E-state index in [-0.39, 0.29) is 37.6 Å². The standard InChI is InChI=1S/C62H66N4O12/c1-38(2)51(57(69)76-5)63-60(72)65-47-25-20-39(26-30-61(73)28-14-6-7-15-29-61)34-46(47)62(59(65)71)50(56(68)64-31-27-43-35-48(74-3)49(75-4)36-44(43)37-64)53-58(70)78-54(41-18-12-9-13-19-41)52(40-16-10-8-11-17-40)66(53)55(62)42-21-23-45(24-22-42)77-33-32-67/h8-13,16-25,34-36,38,50-55,67,73H,6-7,14-15,27-29,31-33,37H2,1-5H3,(H,63,72)/t50-,51+,52-,53-,54+,55+,62-/m1/s1. The molecule has 0 unspecified atom stereocenters. The Bertz CT molecular complexity index is 3130. The van der Waals surface area contributed by atoms with E-state index < -0.39 is 82.9 Å². The Morgan fingerprint density at radius 1 is 0.795 bits per heavy atom. The third-order valence-corrected chi connectivity index (χ3v) is 16.3. The Morgan fingerprint density at radius 3 is 2.08 bits per heavy atom. The number of carbonyl (C=O) groups excluding carboxylic acids is 5. The highest BCUT2D eigenvalue weighted by Gasteiger charge is 2.76. The lowest BCUT2D eigenvalue weighted by Gasteiger charge is -2.46. The molecule has 0 bridgehead atoms. The lowest BCUT2D eigenvalue weighted by Crippen LogP contribution is -2.58. The molecular formula is C62H66N4O12. The van der Waals surface area contributed by atoms with Crippen LogP contribution in [0.2, 0.25) is 0 Å². The second-order valence-corrected chi connectivity index (χ2v) is 21.2. The fourth-order valence-electron chi connectivity index (χ4n) is 12.6. The second-order valence-electron chi connectivity index (χ2n) is 21.2. The van der Waals surface area contributed by atoms with E-state index >= 15 is 19.2 Å². The smallest absolute Gasteiger partial charge is 0.329 e. The molecule has 1 spiro atoms. The zero-order valence-corrected chi connectivity index (χ0v) is 44.6. The van der Waals surface area contributed by atoms with E-state index in [9.17, 15) is 15.0 Å². The molecule has 0 radical (unpaired) electrons. The Kier molecular flexibility index (Phi) is 15.4. The van der Waals surface area contributed by atoms with Crippen molar-refractivity contribution in [1.82, 2.24) is 15.1 Å². The highest BCUT2D eigenvalue weighted by molar-refractivity contribution is 6.25. The van der Waals surface area contributed by atoms with Gasteiger partial charge in [-0.2, -0.15) is 0 Å². The van der Waals surface area contributed by atoms with E-state index in [1.54, 1.807) is 68.3 Å². The van der Waals surface area contributed by atoms with Gasteiger partial charge in [0.05, 0.1) is 51.6 Å². The molecule has 5 aromatic carbocycles. The Hall–Kier alpha value is -7.71. The van der Waals surface area contributed by atoms with Crippen molar-refractivity contribution in [3.63, 3.8) is 0 Å². The van der Waals surface area contributed by atoms with Gasteiger partial charge in [0, 0.05) is 18.7 Å². The van der Waals surface area contributed by atoms with Crippen LogP contribution in [0.3, 0.4) is 0 Å². The van der Waals surface area contributed by atoms with Crippen LogP contribution in [0, 0.1) is 23.7 Å². The van der Waals surface area contributed by atoms with Crippen molar-refractivity contribution < 1.29 is 57.9 Å². The molecule has 4 heterocycles. The number of esters is 2. The van der Waals surface area contributed by atoms with Crippen LogP contribution in [0.4, 0.5) is 10.5 Å². The second kappa shape index (κ2) is 22.3. The van der Waals surface area contributed by atoms with Crippen molar-refractivity contribution in [1.29, 1.82) is 0 Å². The van der Waals surface area contributed by atoms with Gasteiger partial charge >= 0.3 is 18.0 Å². The number of anilines is 1. The van der Waals surface area contributed by atoms with Crippen molar-refractivity contribution in [2.24, 2.45) is 11.8 Å². The zero-order valence-electron chi connectivity index (χ0n) is 44.6. The average Bonchev–Trinajstić information content (AvgIpc) is 3.08. The van der Waals surface area contributed by atoms with Crippen LogP contribution in [0.1, 0.15) is 110 Å². The Balaban J connectivity index is 1.27. The predicted octanol–water partition coefficient (Wildman–Crippen LogP) is 7.67. The number of hydrogen-bond acceptors (Lipinski definition) is 13. The minimum absolute atomic E-state index is 0.00754. The van der Waals surface area contributed by atoms with Gasteiger partial charge in [-0.3, -0.25) is 19.3 Å². The van der Waals surface area contributed by atoms with Crippen molar-refractivity contribution >= 4 is 35.5 Å². The molecule has 78 heavy (non-hydrogen) atoms. The molecule has 4 aliphatic heterocycles. The van der Waals surface area contributed by atoms with Gasteiger partial charge in [-0.15, -0.1) is 0 Å². The predicted molar refractivity (Wildman–Crippen MR) is 288 cm³/mol. The number of hydrogen-bond donors (Lipinski definition) is 3. The molecule has 16 nitrogen and oxygen atoms in total. The summed E-state index contributed by atoms with van der Waals surface area (Å²) < 4.78 is 29.1. The average molecular weight is 1060 g/mol. The maximum atomic E-state index is 17.1. The molecule has 5 aliphatic rings. The van der Waals surface area contributed by atoms with Gasteiger partial charge in [-0.05, 0) is 114 Å². The molecule has 10 rings (SSSR count). The number of ether oxygens (including phenoxy) is 5. The molecule has 4 amide bonds. The summed E-state index contributed by atoms with van der Waals surface area (Å²) in [6, 6.07) is 28.9. The third kappa shape index (κ3) is 9.62. The van der Waals surface area contributed by atoms with Crippen LogP contribution in [0.25, 0.3) is 0 Å². The first-order valence-corrected chi connectivity index (χ1v) is 26.8. The number of aliphatic hydroxyl groups is 2. The number of morpholine rings is 1. The summed E-state index contributed by atoms with van der Waals surface area (Å²) in [6.45, 7) is 3.51. The maximum absolute atomic E-state index is 17.1. The number of fused-ring (bicyclic) bond motifs is 4. The van der Waals surface area contributed by atoms with E-state index in [2.05, 4.69) is 17.2 Å². The van der Waals surface area contributed by atoms with Crippen molar-refractivity contribution in [3.8, 4) is 29.1 Å². The summed E-state index contributed by atoms with van der Waals surface area (Å²) in [4.78, 5) is 83.0. The number of benzene rings is 5. The van der Waals surface area contributed by atoms with E-state index in [0.29, 0.717) is 53.2 Å². The first kappa shape index (κ1) is 53.7. The molecule has 406 valence electrons. The number of imide groups is 1. The molecule has 16 heteroatoms. The van der Waals surface area contributed by atoms with E-state index in [1.807, 2.05) is 77.7 Å². The summed E-state index contributed by atoms with van der Waals surface area (Å²) in [5.41, 5.74) is 0.918. The summed E-state index contributed by atoms with van der Waals surface area (Å²) in [7, 11) is 4.31. The van der Waals surface area contributed by atoms with Crippen LogP contribution in [0.5, 0.6) is 17.2 Å². The lowest BCUT2D eigenvalue weighted by atomic mass is 9.64. The minimum atomic E-state index is -2.15. The Morgan fingerprint density at radius 2 is 1.45 bits per heavy atom. The summed E-state index contributed by atoms with van der Waals surface area (Å²) in [5, 5.41) is 24.4. The van der Waals surface area contributed by atoms with E-state index in [1.165, 1.54) is 14.2 Å². The molecule has 3 N–H and O–H groups in total. The lowest BCUT2D eigenvalue weighted by molar-refractivity contribution is -0.179. The van der Waals surface area contributed by atoms with Crippen LogP contribution in [0.15, 0.2) is 115 Å². The third-order valence-electron chi connectivity index (χ3n) is 16.3. The number of amides is 4. The van der Waals surface area contributed by atoms with Crippen LogP contribution in [-0.2, 0) is 47.0 Å². The normalized spacial score (nSPS) is 23.7. The molecule has 7 atom stereocenters. The van der Waals surface area contributed by atoms with Crippen LogP contribution in [-0.4, -0.2) is 109 Å². The summed E-state index contributed by atoms with van der Waals surface area (Å²) >= 11 is 0. The number of aliphatic hydroxyl groups excluding tert-OH is 1. The quantitative estimate of drug-likeness (QED) is 0.0627. The van der Waals surface area contributed by atoms with Gasteiger partial charge in [0.1, 0.15) is 41.6 Å². The fraction of sp³-hybridized carbons (Fsp3) is 0.403. The molecule has 5 aromatic rings. The highest BCUT2D eigenvalue weighted by Crippen LogP contribution is 2.66. The van der Waals surface area contributed by atoms with E-state index in [4.69, 9.17) is 23.7 Å². The van der Waals surface area contributed by atoms with Crippen molar-refractivity contribution in [2.45, 2.75) is 107 Å². The van der Waals surface area contributed by atoms with Gasteiger partial charge in [0.2, 0.25) is 11.8 Å². The highest BCUT2D eigenvalue weighted by atomic mass is 16.6. The number of rotatable bonds is 12. The summed E-state index contributed by atoms with van der Waals surface area (Å²) in [6.07, 6.45) is 3.94. The first-order chi connectivity index (χ1) is 37.8. The number of nitrogens with one attached hydrogen (secondary N) is 1. The van der Waals surface area contributed by atoms with Crippen molar-refractivity contribution in [3.05, 3.63) is 154 Å². The molecule has 3 fully saturated rings. The van der Waals surface area contributed by atoms with Crippen LogP contribution < -0.4 is 24.4 Å².